The quantitative estimate of drug-likeness (QED) is 0.486. The lowest BCUT2D eigenvalue weighted by atomic mass is 9.96. The van der Waals surface area contributed by atoms with Crippen molar-refractivity contribution in [3.05, 3.63) is 60.3 Å². The van der Waals surface area contributed by atoms with E-state index in [0.29, 0.717) is 0 Å². The van der Waals surface area contributed by atoms with E-state index < -0.39 is 0 Å². The van der Waals surface area contributed by atoms with Crippen molar-refractivity contribution in [3.8, 4) is 11.1 Å². The zero-order valence-corrected chi connectivity index (χ0v) is 15.2. The van der Waals surface area contributed by atoms with Crippen molar-refractivity contribution in [1.82, 2.24) is 4.98 Å². The number of nitrogen functional groups attached to an aromatic ring is 1. The summed E-state index contributed by atoms with van der Waals surface area (Å²) < 4.78 is 0. The molecule has 2 heteroatoms. The van der Waals surface area contributed by atoms with Crippen LogP contribution in [0.15, 0.2) is 54.6 Å². The van der Waals surface area contributed by atoms with E-state index in [1.807, 2.05) is 6.07 Å². The molecule has 3 rings (SSSR count). The first-order valence-corrected chi connectivity index (χ1v) is 9.53. The van der Waals surface area contributed by atoms with Gasteiger partial charge in [-0.2, -0.15) is 0 Å². The topological polar surface area (TPSA) is 38.9 Å². The molecule has 0 amide bonds. The van der Waals surface area contributed by atoms with Gasteiger partial charge in [-0.1, -0.05) is 87.6 Å². The average molecular weight is 332 g/mol. The van der Waals surface area contributed by atoms with Crippen LogP contribution in [0.5, 0.6) is 0 Å². The number of nitrogens with zero attached hydrogens (tertiary/aromatic N) is 1. The van der Waals surface area contributed by atoms with Gasteiger partial charge in [-0.05, 0) is 24.5 Å². The molecular formula is C23H28N2. The van der Waals surface area contributed by atoms with E-state index in [1.54, 1.807) is 0 Å². The number of anilines is 1. The van der Waals surface area contributed by atoms with Gasteiger partial charge in [0, 0.05) is 10.9 Å². The lowest BCUT2D eigenvalue weighted by Crippen LogP contribution is -2.02. The molecule has 1 aromatic heterocycles. The summed E-state index contributed by atoms with van der Waals surface area (Å²) in [6.07, 6.45) is 8.66. The van der Waals surface area contributed by atoms with E-state index in [4.69, 9.17) is 10.7 Å². The van der Waals surface area contributed by atoms with Crippen molar-refractivity contribution in [2.24, 2.45) is 0 Å². The summed E-state index contributed by atoms with van der Waals surface area (Å²) in [6, 6.07) is 18.8. The summed E-state index contributed by atoms with van der Waals surface area (Å²) in [5.41, 5.74) is 11.8. The number of nitrogens with two attached hydrogens (primary N) is 1. The highest BCUT2D eigenvalue weighted by molar-refractivity contribution is 6.00. The van der Waals surface area contributed by atoms with Crippen molar-refractivity contribution in [3.63, 3.8) is 0 Å². The van der Waals surface area contributed by atoms with E-state index in [9.17, 15) is 0 Å². The molecule has 0 fully saturated rings. The highest BCUT2D eigenvalue weighted by Gasteiger charge is 2.13. The summed E-state index contributed by atoms with van der Waals surface area (Å²) in [5.74, 6) is 0. The summed E-state index contributed by atoms with van der Waals surface area (Å²) in [6.45, 7) is 2.25. The second-order valence-electron chi connectivity index (χ2n) is 6.75. The number of unbranched alkanes of at least 4 members (excludes halogenated alkanes) is 5. The molecule has 0 saturated heterocycles. The molecule has 0 aliphatic rings. The minimum Gasteiger partial charge on any atom is -0.397 e. The van der Waals surface area contributed by atoms with Crippen LogP contribution in [-0.2, 0) is 6.42 Å². The van der Waals surface area contributed by atoms with Gasteiger partial charge in [-0.15, -0.1) is 0 Å². The Hall–Kier alpha value is -2.35. The van der Waals surface area contributed by atoms with Gasteiger partial charge >= 0.3 is 0 Å². The number of hydrogen-bond acceptors (Lipinski definition) is 2. The van der Waals surface area contributed by atoms with Crippen molar-refractivity contribution >= 4 is 16.6 Å². The average Bonchev–Trinajstić information content (AvgIpc) is 2.65. The van der Waals surface area contributed by atoms with Gasteiger partial charge in [-0.25, -0.2) is 0 Å². The van der Waals surface area contributed by atoms with Crippen LogP contribution in [0.2, 0.25) is 0 Å². The van der Waals surface area contributed by atoms with Crippen LogP contribution in [0.25, 0.3) is 22.0 Å². The highest BCUT2D eigenvalue weighted by Crippen LogP contribution is 2.35. The Morgan fingerprint density at radius 3 is 2.28 bits per heavy atom. The summed E-state index contributed by atoms with van der Waals surface area (Å²) in [7, 11) is 0. The number of fused-ring (bicyclic) bond motifs is 1. The number of benzene rings is 2. The molecule has 130 valence electrons. The Kier molecular flexibility index (Phi) is 6.05. The summed E-state index contributed by atoms with van der Waals surface area (Å²) >= 11 is 0. The van der Waals surface area contributed by atoms with Gasteiger partial charge in [0.05, 0.1) is 16.9 Å². The number of aryl methyl sites for hydroxylation is 1. The minimum atomic E-state index is 0.846. The van der Waals surface area contributed by atoms with Crippen LogP contribution in [0.3, 0.4) is 0 Å². The van der Waals surface area contributed by atoms with Crippen molar-refractivity contribution in [2.45, 2.75) is 51.9 Å². The molecule has 0 unspecified atom stereocenters. The number of pyridine rings is 1. The fraction of sp³-hybridized carbons (Fsp3) is 0.348. The van der Waals surface area contributed by atoms with E-state index in [1.165, 1.54) is 37.7 Å². The third-order valence-electron chi connectivity index (χ3n) is 4.84. The van der Waals surface area contributed by atoms with Crippen LogP contribution >= 0.6 is 0 Å². The Morgan fingerprint density at radius 2 is 1.48 bits per heavy atom. The SMILES string of the molecule is CCCCCCCCc1nc2ccccc2c(-c2ccccc2)c1N. The molecule has 0 aliphatic heterocycles. The second-order valence-corrected chi connectivity index (χ2v) is 6.75. The third kappa shape index (κ3) is 4.19. The molecule has 3 aromatic rings. The molecule has 1 heterocycles. The van der Waals surface area contributed by atoms with Gasteiger partial charge in [-0.3, -0.25) is 4.98 Å². The van der Waals surface area contributed by atoms with Gasteiger partial charge in [0.15, 0.2) is 0 Å². The molecule has 25 heavy (non-hydrogen) atoms. The van der Waals surface area contributed by atoms with Crippen LogP contribution in [0, 0.1) is 0 Å². The monoisotopic (exact) mass is 332 g/mol. The van der Waals surface area contributed by atoms with Crippen LogP contribution < -0.4 is 5.73 Å². The normalized spacial score (nSPS) is 11.1. The van der Waals surface area contributed by atoms with Gasteiger partial charge < -0.3 is 5.73 Å². The zero-order chi connectivity index (χ0) is 17.5. The lowest BCUT2D eigenvalue weighted by molar-refractivity contribution is 0.605. The fourth-order valence-corrected chi connectivity index (χ4v) is 3.46. The molecule has 2 nitrogen and oxygen atoms in total. The largest absolute Gasteiger partial charge is 0.397 e. The molecule has 0 saturated carbocycles. The molecule has 2 N–H and O–H groups in total. The highest BCUT2D eigenvalue weighted by atomic mass is 14.8. The molecule has 0 atom stereocenters. The Bertz CT molecular complexity index is 809. The zero-order valence-electron chi connectivity index (χ0n) is 15.2. The Morgan fingerprint density at radius 1 is 0.800 bits per heavy atom. The molecular weight excluding hydrogens is 304 g/mol. The molecule has 0 bridgehead atoms. The number of rotatable bonds is 8. The van der Waals surface area contributed by atoms with Crippen molar-refractivity contribution in [2.75, 3.05) is 5.73 Å². The summed E-state index contributed by atoms with van der Waals surface area (Å²) in [5, 5.41) is 1.14. The number of para-hydroxylation sites is 1. The molecule has 0 radical (unpaired) electrons. The van der Waals surface area contributed by atoms with Crippen LogP contribution in [0.1, 0.15) is 51.1 Å². The first-order valence-electron chi connectivity index (χ1n) is 9.53. The maximum absolute atomic E-state index is 6.58. The van der Waals surface area contributed by atoms with Crippen LogP contribution in [-0.4, -0.2) is 4.98 Å². The third-order valence-corrected chi connectivity index (χ3v) is 4.84. The Labute approximate surface area is 151 Å². The number of aromatic nitrogens is 1. The van der Waals surface area contributed by atoms with Crippen molar-refractivity contribution in [1.29, 1.82) is 0 Å². The first kappa shape index (κ1) is 17.5. The minimum absolute atomic E-state index is 0.846. The maximum Gasteiger partial charge on any atom is 0.0713 e. The smallest absolute Gasteiger partial charge is 0.0713 e. The Balaban J connectivity index is 1.88. The second kappa shape index (κ2) is 8.66. The van der Waals surface area contributed by atoms with Gasteiger partial charge in [0.25, 0.3) is 0 Å². The van der Waals surface area contributed by atoms with E-state index in [0.717, 1.165) is 40.7 Å². The molecule has 0 aliphatic carbocycles. The fourth-order valence-electron chi connectivity index (χ4n) is 3.46. The lowest BCUT2D eigenvalue weighted by Gasteiger charge is -2.14. The molecule has 2 aromatic carbocycles. The predicted molar refractivity (Wildman–Crippen MR) is 109 cm³/mol. The standard InChI is InChI=1S/C23H28N2/c1-2-3-4-5-6-10-17-21-23(24)22(18-13-8-7-9-14-18)19-15-11-12-16-20(19)25-21/h7-9,11-16H,2-6,10,17,24H2,1H3. The maximum atomic E-state index is 6.58. The molecule has 0 spiro atoms. The van der Waals surface area contributed by atoms with E-state index in [-0.39, 0.29) is 0 Å². The van der Waals surface area contributed by atoms with Gasteiger partial charge in [0.2, 0.25) is 0 Å². The first-order chi connectivity index (χ1) is 12.3. The predicted octanol–water partition coefficient (Wildman–Crippen LogP) is 6.39. The van der Waals surface area contributed by atoms with E-state index in [2.05, 4.69) is 55.5 Å². The van der Waals surface area contributed by atoms with Crippen LogP contribution in [0.4, 0.5) is 5.69 Å². The van der Waals surface area contributed by atoms with Crippen molar-refractivity contribution < 1.29 is 0 Å². The van der Waals surface area contributed by atoms with E-state index >= 15 is 0 Å². The summed E-state index contributed by atoms with van der Waals surface area (Å²) in [4.78, 5) is 4.87. The number of hydrogen-bond donors (Lipinski definition) is 1. The van der Waals surface area contributed by atoms with Gasteiger partial charge in [0.1, 0.15) is 0 Å².